The summed E-state index contributed by atoms with van der Waals surface area (Å²) >= 11 is 3.42. The van der Waals surface area contributed by atoms with Gasteiger partial charge in [-0.3, -0.25) is 9.59 Å². The molecule has 0 bridgehead atoms. The minimum absolute atomic E-state index is 0.165. The van der Waals surface area contributed by atoms with Crippen LogP contribution in [0.5, 0.6) is 17.2 Å². The molecule has 2 amide bonds. The number of rotatable bonds is 4. The van der Waals surface area contributed by atoms with Gasteiger partial charge >= 0.3 is 11.8 Å². The lowest BCUT2D eigenvalue weighted by Gasteiger charge is -2.36. The van der Waals surface area contributed by atoms with Crippen LogP contribution in [0.25, 0.3) is 0 Å². The van der Waals surface area contributed by atoms with Crippen molar-refractivity contribution >= 4 is 39.6 Å². The highest BCUT2D eigenvalue weighted by Gasteiger charge is 2.27. The zero-order valence-corrected chi connectivity index (χ0v) is 18.4. The minimum Gasteiger partial charge on any atom is -0.495 e. The fourth-order valence-electron chi connectivity index (χ4n) is 3.43. The summed E-state index contributed by atoms with van der Waals surface area (Å²) in [5.41, 5.74) is 3.95. The SMILES string of the molecule is COc1ccccc1N1CCN(C(=O)C(=O)N/N=C\c2cc3c(cc2Br)OCO3)CC1. The number of hydrazone groups is 1. The standard InChI is InChI=1S/C21H21BrN4O5/c1-29-17-5-3-2-4-16(17)25-6-8-26(9-7-25)21(28)20(27)24-23-12-14-10-18-19(11-15(14)22)31-13-30-18/h2-5,10-12H,6-9,13H2,1H3,(H,24,27)/b23-12-. The van der Waals surface area contributed by atoms with Crippen LogP contribution in [-0.2, 0) is 9.59 Å². The number of methoxy groups -OCH3 is 1. The topological polar surface area (TPSA) is 92.7 Å². The Morgan fingerprint density at radius 1 is 1.13 bits per heavy atom. The summed E-state index contributed by atoms with van der Waals surface area (Å²) in [6, 6.07) is 11.2. The van der Waals surface area contributed by atoms with E-state index in [1.54, 1.807) is 19.2 Å². The van der Waals surface area contributed by atoms with E-state index in [1.165, 1.54) is 11.1 Å². The molecule has 2 aromatic carbocycles. The number of para-hydroxylation sites is 2. The Morgan fingerprint density at radius 3 is 2.58 bits per heavy atom. The number of benzene rings is 2. The van der Waals surface area contributed by atoms with E-state index in [9.17, 15) is 9.59 Å². The summed E-state index contributed by atoms with van der Waals surface area (Å²) < 4.78 is 16.8. The summed E-state index contributed by atoms with van der Waals surface area (Å²) in [5.74, 6) is 0.625. The van der Waals surface area contributed by atoms with E-state index in [0.29, 0.717) is 43.2 Å². The number of ether oxygens (including phenoxy) is 3. The van der Waals surface area contributed by atoms with E-state index < -0.39 is 11.8 Å². The van der Waals surface area contributed by atoms with E-state index >= 15 is 0 Å². The molecule has 0 spiro atoms. The minimum atomic E-state index is -0.779. The Labute approximate surface area is 187 Å². The van der Waals surface area contributed by atoms with Gasteiger partial charge in [-0.2, -0.15) is 5.10 Å². The highest BCUT2D eigenvalue weighted by molar-refractivity contribution is 9.10. The fourth-order valence-corrected chi connectivity index (χ4v) is 3.85. The highest BCUT2D eigenvalue weighted by Crippen LogP contribution is 2.36. The Bertz CT molecular complexity index is 1020. The van der Waals surface area contributed by atoms with Crippen LogP contribution in [0.1, 0.15) is 5.56 Å². The Kier molecular flexibility index (Phi) is 6.26. The maximum atomic E-state index is 12.5. The highest BCUT2D eigenvalue weighted by atomic mass is 79.9. The molecular formula is C21H21BrN4O5. The molecule has 0 unspecified atom stereocenters. The average molecular weight is 489 g/mol. The monoisotopic (exact) mass is 488 g/mol. The van der Waals surface area contributed by atoms with E-state index in [-0.39, 0.29) is 6.79 Å². The van der Waals surface area contributed by atoms with Crippen molar-refractivity contribution in [2.24, 2.45) is 5.10 Å². The van der Waals surface area contributed by atoms with Gasteiger partial charge in [-0.25, -0.2) is 5.43 Å². The predicted octanol–water partition coefficient (Wildman–Crippen LogP) is 1.99. The van der Waals surface area contributed by atoms with E-state index in [2.05, 4.69) is 31.4 Å². The predicted molar refractivity (Wildman–Crippen MR) is 118 cm³/mol. The molecule has 10 heteroatoms. The number of anilines is 1. The number of hydrogen-bond donors (Lipinski definition) is 1. The first-order chi connectivity index (χ1) is 15.1. The molecule has 4 rings (SSSR count). The molecule has 2 aromatic rings. The molecule has 31 heavy (non-hydrogen) atoms. The van der Waals surface area contributed by atoms with Crippen LogP contribution in [0, 0.1) is 0 Å². The van der Waals surface area contributed by atoms with Gasteiger partial charge in [0.25, 0.3) is 0 Å². The summed E-state index contributed by atoms with van der Waals surface area (Å²) in [5, 5.41) is 3.90. The molecule has 9 nitrogen and oxygen atoms in total. The van der Waals surface area contributed by atoms with Crippen LogP contribution >= 0.6 is 15.9 Å². The van der Waals surface area contributed by atoms with Gasteiger partial charge in [-0.05, 0) is 40.2 Å². The van der Waals surface area contributed by atoms with Crippen molar-refractivity contribution in [3.63, 3.8) is 0 Å². The van der Waals surface area contributed by atoms with Crippen molar-refractivity contribution in [2.45, 2.75) is 0 Å². The van der Waals surface area contributed by atoms with Crippen molar-refractivity contribution in [1.82, 2.24) is 10.3 Å². The molecule has 0 saturated carbocycles. The lowest BCUT2D eigenvalue weighted by atomic mass is 10.2. The number of fused-ring (bicyclic) bond motifs is 1. The number of amides is 2. The van der Waals surface area contributed by atoms with Crippen LogP contribution in [0.3, 0.4) is 0 Å². The Balaban J connectivity index is 1.31. The molecular weight excluding hydrogens is 468 g/mol. The van der Waals surface area contributed by atoms with Crippen LogP contribution < -0.4 is 24.5 Å². The third-order valence-electron chi connectivity index (χ3n) is 5.05. The molecule has 0 radical (unpaired) electrons. The third kappa shape index (κ3) is 4.58. The quantitative estimate of drug-likeness (QED) is 0.401. The number of nitrogens with zero attached hydrogens (tertiary/aromatic N) is 3. The second kappa shape index (κ2) is 9.25. The van der Waals surface area contributed by atoms with Gasteiger partial charge in [-0.1, -0.05) is 12.1 Å². The van der Waals surface area contributed by atoms with Gasteiger partial charge in [0.05, 0.1) is 19.0 Å². The first-order valence-electron chi connectivity index (χ1n) is 9.66. The number of nitrogens with one attached hydrogen (secondary N) is 1. The van der Waals surface area contributed by atoms with Gasteiger partial charge in [-0.15, -0.1) is 0 Å². The van der Waals surface area contributed by atoms with Crippen molar-refractivity contribution in [1.29, 1.82) is 0 Å². The smallest absolute Gasteiger partial charge is 0.329 e. The molecule has 2 aliphatic rings. The lowest BCUT2D eigenvalue weighted by Crippen LogP contribution is -2.52. The number of piperazine rings is 1. The Hall–Kier alpha value is -3.27. The largest absolute Gasteiger partial charge is 0.495 e. The lowest BCUT2D eigenvalue weighted by molar-refractivity contribution is -0.146. The number of hydrogen-bond acceptors (Lipinski definition) is 7. The molecule has 1 N–H and O–H groups in total. The molecule has 1 fully saturated rings. The van der Waals surface area contributed by atoms with Crippen molar-refractivity contribution < 1.29 is 23.8 Å². The van der Waals surface area contributed by atoms with Gasteiger partial charge in [0, 0.05) is 36.2 Å². The Morgan fingerprint density at radius 2 is 1.84 bits per heavy atom. The van der Waals surface area contributed by atoms with Crippen LogP contribution in [0.15, 0.2) is 46.0 Å². The van der Waals surface area contributed by atoms with Gasteiger partial charge in [0.2, 0.25) is 6.79 Å². The van der Waals surface area contributed by atoms with E-state index in [4.69, 9.17) is 14.2 Å². The first kappa shape index (κ1) is 21.0. The average Bonchev–Trinajstić information content (AvgIpc) is 3.25. The van der Waals surface area contributed by atoms with E-state index in [1.807, 2.05) is 24.3 Å². The summed E-state index contributed by atoms with van der Waals surface area (Å²) in [7, 11) is 1.63. The van der Waals surface area contributed by atoms with Crippen molar-refractivity contribution in [3.8, 4) is 17.2 Å². The zero-order chi connectivity index (χ0) is 21.8. The molecule has 0 atom stereocenters. The maximum absolute atomic E-state index is 12.5. The summed E-state index contributed by atoms with van der Waals surface area (Å²) in [6.07, 6.45) is 1.44. The number of carbonyl (C=O) groups is 2. The molecule has 1 saturated heterocycles. The molecule has 0 aliphatic carbocycles. The normalized spacial score (nSPS) is 15.3. The summed E-state index contributed by atoms with van der Waals surface area (Å²) in [6.45, 7) is 2.24. The third-order valence-corrected chi connectivity index (χ3v) is 5.74. The van der Waals surface area contributed by atoms with Gasteiger partial charge in [0.1, 0.15) is 5.75 Å². The van der Waals surface area contributed by atoms with Crippen LogP contribution in [0.4, 0.5) is 5.69 Å². The molecule has 162 valence electrons. The van der Waals surface area contributed by atoms with Crippen molar-refractivity contribution in [3.05, 3.63) is 46.4 Å². The summed E-state index contributed by atoms with van der Waals surface area (Å²) in [4.78, 5) is 28.4. The fraction of sp³-hybridized carbons (Fsp3) is 0.286. The van der Waals surface area contributed by atoms with Crippen LogP contribution in [0.2, 0.25) is 0 Å². The van der Waals surface area contributed by atoms with Crippen LogP contribution in [-0.4, -0.2) is 63.0 Å². The number of halogens is 1. The van der Waals surface area contributed by atoms with Gasteiger partial charge < -0.3 is 24.0 Å². The second-order valence-electron chi connectivity index (χ2n) is 6.88. The maximum Gasteiger partial charge on any atom is 0.329 e. The van der Waals surface area contributed by atoms with Crippen molar-refractivity contribution in [2.75, 3.05) is 45.0 Å². The zero-order valence-electron chi connectivity index (χ0n) is 16.8. The first-order valence-corrected chi connectivity index (χ1v) is 10.5. The van der Waals surface area contributed by atoms with Gasteiger partial charge in [0.15, 0.2) is 11.5 Å². The second-order valence-corrected chi connectivity index (χ2v) is 7.73. The number of carbonyl (C=O) groups excluding carboxylic acids is 2. The molecule has 0 aromatic heterocycles. The molecule has 2 heterocycles. The molecule has 2 aliphatic heterocycles. The van der Waals surface area contributed by atoms with E-state index in [0.717, 1.165) is 15.9 Å².